The number of likely N-dealkylation sites (tertiary alicyclic amines) is 1. The normalized spacial score (nSPS) is 22.2. The summed E-state index contributed by atoms with van der Waals surface area (Å²) in [6.07, 6.45) is -4.49. The van der Waals surface area contributed by atoms with E-state index < -0.39 is 29.1 Å². The molecule has 0 bridgehead atoms. The summed E-state index contributed by atoms with van der Waals surface area (Å²) in [4.78, 5) is 20.1. The lowest BCUT2D eigenvalue weighted by Crippen LogP contribution is -2.49. The molecule has 3 heterocycles. The van der Waals surface area contributed by atoms with E-state index in [0.717, 1.165) is 57.0 Å². The number of nitrogens with zero attached hydrogens (tertiary/aromatic N) is 3. The lowest BCUT2D eigenvalue weighted by molar-refractivity contribution is -0.268. The summed E-state index contributed by atoms with van der Waals surface area (Å²) in [5.41, 5.74) is -2.85. The first kappa shape index (κ1) is 21.5. The minimum Gasteiger partial charge on any atom is -0.379 e. The Hall–Kier alpha value is -1.23. The van der Waals surface area contributed by atoms with E-state index in [-0.39, 0.29) is 0 Å². The molecule has 1 aromatic heterocycles. The standard InChI is InChI=1S/C18H26F3N3O3S/c1-13-12-28-16(22-13)17(26,18(19,20)21)10-15(25)24-4-2-14(3-5-24)11-23-6-8-27-9-7-23/h12,14,26H,2-11H2,1H3. The van der Waals surface area contributed by atoms with Crippen molar-refractivity contribution in [2.75, 3.05) is 45.9 Å². The molecular weight excluding hydrogens is 395 g/mol. The number of ether oxygens (including phenoxy) is 1. The van der Waals surface area contributed by atoms with Crippen LogP contribution in [0.1, 0.15) is 30.0 Å². The maximum absolute atomic E-state index is 13.6. The van der Waals surface area contributed by atoms with Crippen molar-refractivity contribution < 1.29 is 27.8 Å². The summed E-state index contributed by atoms with van der Waals surface area (Å²) in [5.74, 6) is -0.261. The molecule has 1 amide bonds. The zero-order chi connectivity index (χ0) is 20.4. The summed E-state index contributed by atoms with van der Waals surface area (Å²) in [6, 6.07) is 0. The molecule has 6 nitrogen and oxygen atoms in total. The Balaban J connectivity index is 1.57. The van der Waals surface area contributed by atoms with E-state index in [0.29, 0.717) is 24.7 Å². The highest BCUT2D eigenvalue weighted by atomic mass is 32.1. The molecule has 158 valence electrons. The first-order valence-electron chi connectivity index (χ1n) is 9.48. The van der Waals surface area contributed by atoms with Crippen LogP contribution in [0.2, 0.25) is 0 Å². The van der Waals surface area contributed by atoms with Crippen molar-refractivity contribution in [3.63, 3.8) is 0 Å². The van der Waals surface area contributed by atoms with Gasteiger partial charge in [-0.2, -0.15) is 13.2 Å². The second kappa shape index (κ2) is 8.64. The van der Waals surface area contributed by atoms with Crippen LogP contribution in [0, 0.1) is 12.8 Å². The molecule has 2 aliphatic heterocycles. The van der Waals surface area contributed by atoms with E-state index in [1.807, 2.05) is 0 Å². The third kappa shape index (κ3) is 4.84. The van der Waals surface area contributed by atoms with E-state index in [9.17, 15) is 23.1 Å². The molecule has 10 heteroatoms. The monoisotopic (exact) mass is 421 g/mol. The predicted molar refractivity (Wildman–Crippen MR) is 98.0 cm³/mol. The average Bonchev–Trinajstić information content (AvgIpc) is 3.09. The molecule has 1 aromatic rings. The van der Waals surface area contributed by atoms with E-state index in [4.69, 9.17) is 4.74 Å². The minimum absolute atomic E-state index is 0.388. The van der Waals surface area contributed by atoms with Gasteiger partial charge in [0.05, 0.1) is 19.6 Å². The van der Waals surface area contributed by atoms with E-state index in [2.05, 4.69) is 9.88 Å². The Morgan fingerprint density at radius 2 is 1.93 bits per heavy atom. The van der Waals surface area contributed by atoms with Gasteiger partial charge in [0.15, 0.2) is 0 Å². The number of hydrogen-bond donors (Lipinski definition) is 1. The number of aromatic nitrogens is 1. The Morgan fingerprint density at radius 1 is 1.29 bits per heavy atom. The van der Waals surface area contributed by atoms with Crippen LogP contribution >= 0.6 is 11.3 Å². The first-order valence-corrected chi connectivity index (χ1v) is 10.4. The van der Waals surface area contributed by atoms with Crippen LogP contribution in [-0.2, 0) is 15.1 Å². The van der Waals surface area contributed by atoms with Gasteiger partial charge >= 0.3 is 6.18 Å². The fourth-order valence-corrected chi connectivity index (χ4v) is 4.60. The van der Waals surface area contributed by atoms with Crippen LogP contribution in [0.3, 0.4) is 0 Å². The van der Waals surface area contributed by atoms with Crippen molar-refractivity contribution in [3.8, 4) is 0 Å². The highest BCUT2D eigenvalue weighted by Gasteiger charge is 2.58. The molecule has 1 atom stereocenters. The fraction of sp³-hybridized carbons (Fsp3) is 0.778. The van der Waals surface area contributed by atoms with Gasteiger partial charge in [-0.1, -0.05) is 0 Å². The van der Waals surface area contributed by atoms with Gasteiger partial charge in [0.1, 0.15) is 5.01 Å². The van der Waals surface area contributed by atoms with Crippen LogP contribution in [0.4, 0.5) is 13.2 Å². The zero-order valence-electron chi connectivity index (χ0n) is 15.9. The van der Waals surface area contributed by atoms with E-state index in [1.165, 1.54) is 10.3 Å². The summed E-state index contributed by atoms with van der Waals surface area (Å²) >= 11 is 0.724. The molecule has 1 N–H and O–H groups in total. The van der Waals surface area contributed by atoms with Crippen molar-refractivity contribution in [2.24, 2.45) is 5.92 Å². The highest BCUT2D eigenvalue weighted by Crippen LogP contribution is 2.43. The molecule has 0 aliphatic carbocycles. The van der Waals surface area contributed by atoms with Gasteiger partial charge in [0.2, 0.25) is 11.5 Å². The third-order valence-electron chi connectivity index (χ3n) is 5.44. The van der Waals surface area contributed by atoms with Crippen LogP contribution < -0.4 is 0 Å². The lowest BCUT2D eigenvalue weighted by Gasteiger charge is -2.37. The fourth-order valence-electron chi connectivity index (χ4n) is 3.69. The summed E-state index contributed by atoms with van der Waals surface area (Å²) in [5, 5.41) is 11.3. The van der Waals surface area contributed by atoms with Crippen molar-refractivity contribution in [1.82, 2.24) is 14.8 Å². The number of hydrogen-bond acceptors (Lipinski definition) is 6. The Morgan fingerprint density at radius 3 is 2.46 bits per heavy atom. The number of piperidine rings is 1. The molecule has 0 saturated carbocycles. The minimum atomic E-state index is -4.97. The van der Waals surface area contributed by atoms with Crippen molar-refractivity contribution in [3.05, 3.63) is 16.1 Å². The number of aliphatic hydroxyl groups is 1. The number of rotatable bonds is 5. The second-order valence-electron chi connectivity index (χ2n) is 7.57. The first-order chi connectivity index (χ1) is 13.2. The SMILES string of the molecule is Cc1csc(C(O)(CC(=O)N2CCC(CN3CCOCC3)CC2)C(F)(F)F)n1. The number of morpholine rings is 1. The number of alkyl halides is 3. The Bertz CT molecular complexity index is 671. The van der Waals surface area contributed by atoms with Crippen LogP contribution in [0.5, 0.6) is 0 Å². The van der Waals surface area contributed by atoms with Gasteiger partial charge < -0.3 is 14.7 Å². The lowest BCUT2D eigenvalue weighted by atomic mass is 9.94. The van der Waals surface area contributed by atoms with Crippen LogP contribution in [-0.4, -0.2) is 77.9 Å². The second-order valence-corrected chi connectivity index (χ2v) is 8.42. The number of carbonyl (C=O) groups is 1. The quantitative estimate of drug-likeness (QED) is 0.789. The van der Waals surface area contributed by atoms with Gasteiger partial charge in [-0.15, -0.1) is 11.3 Å². The summed E-state index contributed by atoms with van der Waals surface area (Å²) in [7, 11) is 0. The molecule has 1 unspecified atom stereocenters. The van der Waals surface area contributed by atoms with E-state index >= 15 is 0 Å². The number of thiazole rings is 1. The molecule has 0 spiro atoms. The Labute approximate surface area is 166 Å². The van der Waals surface area contributed by atoms with Gasteiger partial charge in [-0.25, -0.2) is 4.98 Å². The third-order valence-corrected chi connectivity index (χ3v) is 6.55. The van der Waals surface area contributed by atoms with Gasteiger partial charge in [0, 0.05) is 43.8 Å². The Kier molecular flexibility index (Phi) is 6.63. The van der Waals surface area contributed by atoms with Crippen LogP contribution in [0.15, 0.2) is 5.38 Å². The van der Waals surface area contributed by atoms with Crippen LogP contribution in [0.25, 0.3) is 0 Å². The highest BCUT2D eigenvalue weighted by molar-refractivity contribution is 7.09. The largest absolute Gasteiger partial charge is 0.424 e. The number of aryl methyl sites for hydroxylation is 1. The molecule has 3 rings (SSSR count). The summed E-state index contributed by atoms with van der Waals surface area (Å²) in [6.45, 7) is 6.55. The van der Waals surface area contributed by atoms with Crippen molar-refractivity contribution in [2.45, 2.75) is 38.0 Å². The van der Waals surface area contributed by atoms with E-state index in [1.54, 1.807) is 6.92 Å². The number of halogens is 3. The zero-order valence-corrected chi connectivity index (χ0v) is 16.7. The molecule has 2 fully saturated rings. The topological polar surface area (TPSA) is 65.9 Å². The molecule has 2 aliphatic rings. The maximum atomic E-state index is 13.6. The average molecular weight is 421 g/mol. The van der Waals surface area contributed by atoms with Gasteiger partial charge in [-0.05, 0) is 25.7 Å². The van der Waals surface area contributed by atoms with Crippen molar-refractivity contribution >= 4 is 17.2 Å². The number of amides is 1. The molecular formula is C18H26F3N3O3S. The molecule has 0 radical (unpaired) electrons. The van der Waals surface area contributed by atoms with Gasteiger partial charge in [0.25, 0.3) is 0 Å². The molecule has 0 aromatic carbocycles. The smallest absolute Gasteiger partial charge is 0.379 e. The predicted octanol–water partition coefficient (Wildman–Crippen LogP) is 2.16. The maximum Gasteiger partial charge on any atom is 0.424 e. The van der Waals surface area contributed by atoms with Gasteiger partial charge in [-0.3, -0.25) is 9.69 Å². The van der Waals surface area contributed by atoms with Crippen molar-refractivity contribution in [1.29, 1.82) is 0 Å². The molecule has 2 saturated heterocycles. The summed E-state index contributed by atoms with van der Waals surface area (Å²) < 4.78 is 46.1. The number of carbonyl (C=O) groups excluding carboxylic acids is 1. The molecule has 28 heavy (non-hydrogen) atoms.